The second kappa shape index (κ2) is 8.86. The number of nitrogens with zero attached hydrogens (tertiary/aromatic N) is 1. The first-order chi connectivity index (χ1) is 12.5. The van der Waals surface area contributed by atoms with Crippen molar-refractivity contribution in [2.24, 2.45) is 11.8 Å². The van der Waals surface area contributed by atoms with Crippen LogP contribution in [0, 0.1) is 11.8 Å². The van der Waals surface area contributed by atoms with E-state index in [9.17, 15) is 9.59 Å². The molecule has 1 N–H and O–H groups in total. The predicted octanol–water partition coefficient (Wildman–Crippen LogP) is 3.87. The smallest absolute Gasteiger partial charge is 0.316 e. The third-order valence-corrected chi connectivity index (χ3v) is 7.16. The number of amides is 1. The van der Waals surface area contributed by atoms with Crippen LogP contribution in [-0.2, 0) is 14.3 Å². The van der Waals surface area contributed by atoms with Gasteiger partial charge in [-0.2, -0.15) is 0 Å². The van der Waals surface area contributed by atoms with Crippen LogP contribution in [0.25, 0.3) is 10.2 Å². The quantitative estimate of drug-likeness (QED) is 0.597. The molecule has 0 bridgehead atoms. The van der Waals surface area contributed by atoms with E-state index in [1.165, 1.54) is 18.2 Å². The van der Waals surface area contributed by atoms with Crippen molar-refractivity contribution in [3.63, 3.8) is 0 Å². The summed E-state index contributed by atoms with van der Waals surface area (Å²) in [6.07, 6.45) is 3.35. The maximum Gasteiger partial charge on any atom is 0.316 e. The summed E-state index contributed by atoms with van der Waals surface area (Å²) in [5, 5.41) is 3.01. The number of thioether (sulfide) groups is 1. The van der Waals surface area contributed by atoms with Gasteiger partial charge in [0, 0.05) is 6.04 Å². The van der Waals surface area contributed by atoms with E-state index in [0.717, 1.165) is 27.4 Å². The molecule has 7 heteroatoms. The monoisotopic (exact) mass is 392 g/mol. The van der Waals surface area contributed by atoms with Gasteiger partial charge in [0.05, 0.1) is 16.0 Å². The summed E-state index contributed by atoms with van der Waals surface area (Å²) in [4.78, 5) is 28.4. The Hall–Kier alpha value is -1.60. The third kappa shape index (κ3) is 4.98. The molecular weight excluding hydrogens is 368 g/mol. The zero-order valence-electron chi connectivity index (χ0n) is 15.1. The first-order valence-corrected chi connectivity index (χ1v) is 10.8. The second-order valence-corrected chi connectivity index (χ2v) is 9.09. The molecule has 1 heterocycles. The molecule has 1 aromatic heterocycles. The molecule has 0 saturated heterocycles. The second-order valence-electron chi connectivity index (χ2n) is 6.84. The highest BCUT2D eigenvalue weighted by molar-refractivity contribution is 8.01. The van der Waals surface area contributed by atoms with Gasteiger partial charge in [-0.3, -0.25) is 9.59 Å². The molecule has 2 aromatic rings. The molecule has 3 atom stereocenters. The van der Waals surface area contributed by atoms with E-state index in [2.05, 4.69) is 24.1 Å². The molecular formula is C19H24N2O3S2. The number of carbonyl (C=O) groups excluding carboxylic acids is 2. The van der Waals surface area contributed by atoms with Crippen LogP contribution in [-0.4, -0.2) is 35.3 Å². The average Bonchev–Trinajstić information content (AvgIpc) is 3.05. The van der Waals surface area contributed by atoms with E-state index in [-0.39, 0.29) is 24.3 Å². The van der Waals surface area contributed by atoms with Crippen LogP contribution in [0.15, 0.2) is 28.6 Å². The molecule has 3 rings (SSSR count). The van der Waals surface area contributed by atoms with Gasteiger partial charge in [-0.15, -0.1) is 11.3 Å². The van der Waals surface area contributed by atoms with Crippen molar-refractivity contribution in [3.05, 3.63) is 24.3 Å². The summed E-state index contributed by atoms with van der Waals surface area (Å²) in [5.74, 6) is 0.618. The molecule has 0 unspecified atom stereocenters. The topological polar surface area (TPSA) is 68.3 Å². The van der Waals surface area contributed by atoms with Gasteiger partial charge in [-0.25, -0.2) is 4.98 Å². The van der Waals surface area contributed by atoms with Gasteiger partial charge in [0.25, 0.3) is 5.91 Å². The zero-order valence-corrected chi connectivity index (χ0v) is 16.7. The fraction of sp³-hybridized carbons (Fsp3) is 0.526. The number of esters is 1. The fourth-order valence-electron chi connectivity index (χ4n) is 3.26. The van der Waals surface area contributed by atoms with E-state index < -0.39 is 5.97 Å². The molecule has 1 aliphatic carbocycles. The molecule has 5 nitrogen and oxygen atoms in total. The van der Waals surface area contributed by atoms with E-state index in [1.807, 2.05) is 24.3 Å². The SMILES string of the molecule is C[C@@H]1[C@H](C)CCC[C@@H]1NC(=O)COC(=O)CSc1nc2ccccc2s1. The number of para-hydroxylation sites is 1. The Kier molecular flexibility index (Phi) is 6.53. The molecule has 1 amide bonds. The van der Waals surface area contributed by atoms with Crippen molar-refractivity contribution in [3.8, 4) is 0 Å². The normalized spacial score (nSPS) is 22.9. The van der Waals surface area contributed by atoms with Gasteiger partial charge in [-0.1, -0.05) is 50.6 Å². The molecule has 0 radical (unpaired) electrons. The molecule has 1 aliphatic rings. The summed E-state index contributed by atoms with van der Waals surface area (Å²) in [7, 11) is 0. The number of thiazole rings is 1. The molecule has 140 valence electrons. The Labute approximate surface area is 161 Å². The van der Waals surface area contributed by atoms with Crippen LogP contribution < -0.4 is 5.32 Å². The van der Waals surface area contributed by atoms with Gasteiger partial charge < -0.3 is 10.1 Å². The zero-order chi connectivity index (χ0) is 18.5. The Morgan fingerprint density at radius 3 is 2.92 bits per heavy atom. The van der Waals surface area contributed by atoms with Gasteiger partial charge in [0.2, 0.25) is 0 Å². The first kappa shape index (κ1) is 19.2. The largest absolute Gasteiger partial charge is 0.455 e. The Bertz CT molecular complexity index is 744. The number of hydrogen-bond acceptors (Lipinski definition) is 6. The number of hydrogen-bond donors (Lipinski definition) is 1. The van der Waals surface area contributed by atoms with Crippen molar-refractivity contribution in [2.75, 3.05) is 12.4 Å². The summed E-state index contributed by atoms with van der Waals surface area (Å²) < 4.78 is 7.04. The first-order valence-electron chi connectivity index (χ1n) is 8.96. The fourth-order valence-corrected chi connectivity index (χ4v) is 5.12. The van der Waals surface area contributed by atoms with Crippen LogP contribution in [0.1, 0.15) is 33.1 Å². The maximum absolute atomic E-state index is 12.1. The van der Waals surface area contributed by atoms with E-state index >= 15 is 0 Å². The van der Waals surface area contributed by atoms with Crippen LogP contribution >= 0.6 is 23.1 Å². The lowest BCUT2D eigenvalue weighted by atomic mass is 9.78. The molecule has 1 aromatic carbocycles. The van der Waals surface area contributed by atoms with Crippen molar-refractivity contribution in [1.29, 1.82) is 0 Å². The summed E-state index contributed by atoms with van der Waals surface area (Å²) in [6, 6.07) is 8.05. The third-order valence-electron chi connectivity index (χ3n) is 5.01. The highest BCUT2D eigenvalue weighted by Crippen LogP contribution is 2.30. The Morgan fingerprint density at radius 2 is 2.12 bits per heavy atom. The van der Waals surface area contributed by atoms with Gasteiger partial charge >= 0.3 is 5.97 Å². The minimum Gasteiger partial charge on any atom is -0.455 e. The van der Waals surface area contributed by atoms with Gasteiger partial charge in [0.1, 0.15) is 0 Å². The molecule has 26 heavy (non-hydrogen) atoms. The Balaban J connectivity index is 1.40. The lowest BCUT2D eigenvalue weighted by Gasteiger charge is -2.34. The number of nitrogens with one attached hydrogen (secondary N) is 1. The van der Waals surface area contributed by atoms with E-state index in [0.29, 0.717) is 11.8 Å². The molecule has 1 fully saturated rings. The average molecular weight is 393 g/mol. The van der Waals surface area contributed by atoms with Crippen LogP contribution in [0.2, 0.25) is 0 Å². The predicted molar refractivity (Wildman–Crippen MR) is 105 cm³/mol. The van der Waals surface area contributed by atoms with Crippen molar-refractivity contribution >= 4 is 45.2 Å². The summed E-state index contributed by atoms with van der Waals surface area (Å²) >= 11 is 2.90. The van der Waals surface area contributed by atoms with E-state index in [4.69, 9.17) is 4.74 Å². The number of ether oxygens (including phenoxy) is 1. The number of benzene rings is 1. The van der Waals surface area contributed by atoms with Crippen molar-refractivity contribution in [1.82, 2.24) is 10.3 Å². The summed E-state index contributed by atoms with van der Waals surface area (Å²) in [6.45, 7) is 4.19. The number of carbonyl (C=O) groups is 2. The lowest BCUT2D eigenvalue weighted by molar-refractivity contribution is -0.146. The van der Waals surface area contributed by atoms with Crippen molar-refractivity contribution < 1.29 is 14.3 Å². The lowest BCUT2D eigenvalue weighted by Crippen LogP contribution is -2.45. The van der Waals surface area contributed by atoms with Crippen LogP contribution in [0.5, 0.6) is 0 Å². The highest BCUT2D eigenvalue weighted by atomic mass is 32.2. The number of aromatic nitrogens is 1. The minimum atomic E-state index is -0.394. The van der Waals surface area contributed by atoms with Crippen molar-refractivity contribution in [2.45, 2.75) is 43.5 Å². The van der Waals surface area contributed by atoms with E-state index in [1.54, 1.807) is 11.3 Å². The van der Waals surface area contributed by atoms with Crippen LogP contribution in [0.3, 0.4) is 0 Å². The Morgan fingerprint density at radius 1 is 1.31 bits per heavy atom. The number of rotatable bonds is 6. The standard InChI is InChI=1S/C19H24N2O3S2/c1-12-6-5-8-14(13(12)2)20-17(22)10-24-18(23)11-25-19-21-15-7-3-4-9-16(15)26-19/h3-4,7,9,12-14H,5-6,8,10-11H2,1-2H3,(H,20,22)/t12-,13-,14+/m1/s1. The maximum atomic E-state index is 12.1. The minimum absolute atomic E-state index is 0.157. The molecule has 0 spiro atoms. The van der Waals surface area contributed by atoms with Crippen LogP contribution in [0.4, 0.5) is 0 Å². The number of fused-ring (bicyclic) bond motifs is 1. The highest BCUT2D eigenvalue weighted by Gasteiger charge is 2.28. The van der Waals surface area contributed by atoms with Gasteiger partial charge in [0.15, 0.2) is 10.9 Å². The molecule has 1 saturated carbocycles. The van der Waals surface area contributed by atoms with Gasteiger partial charge in [-0.05, 0) is 30.4 Å². The summed E-state index contributed by atoms with van der Waals surface area (Å²) in [5.41, 5.74) is 0.934. The molecule has 0 aliphatic heterocycles.